The van der Waals surface area contributed by atoms with Gasteiger partial charge in [-0.2, -0.15) is 0 Å². The molecular formula is C20H20BrNO2. The lowest BCUT2D eigenvalue weighted by Crippen LogP contribution is -2.30. The SMILES string of the molecule is COc1cc(Br)ccc1C(=O)CC1=NC(C)(C)Cc2ccccc21. The van der Waals surface area contributed by atoms with Gasteiger partial charge >= 0.3 is 0 Å². The van der Waals surface area contributed by atoms with Crippen molar-refractivity contribution in [2.75, 3.05) is 7.11 Å². The zero-order chi connectivity index (χ0) is 17.3. The van der Waals surface area contributed by atoms with Crippen LogP contribution in [-0.4, -0.2) is 24.1 Å². The topological polar surface area (TPSA) is 38.7 Å². The van der Waals surface area contributed by atoms with E-state index in [0.717, 1.165) is 22.2 Å². The van der Waals surface area contributed by atoms with Crippen molar-refractivity contribution in [3.05, 3.63) is 63.6 Å². The molecule has 0 aromatic heterocycles. The molecule has 0 spiro atoms. The van der Waals surface area contributed by atoms with Crippen LogP contribution in [-0.2, 0) is 6.42 Å². The molecule has 0 fully saturated rings. The van der Waals surface area contributed by atoms with Crippen molar-refractivity contribution in [2.24, 2.45) is 4.99 Å². The van der Waals surface area contributed by atoms with Crippen molar-refractivity contribution in [3.8, 4) is 5.75 Å². The van der Waals surface area contributed by atoms with Gasteiger partial charge in [0.2, 0.25) is 0 Å². The lowest BCUT2D eigenvalue weighted by molar-refractivity contribution is 0.0997. The summed E-state index contributed by atoms with van der Waals surface area (Å²) in [5, 5.41) is 0. The molecule has 0 N–H and O–H groups in total. The molecule has 24 heavy (non-hydrogen) atoms. The summed E-state index contributed by atoms with van der Waals surface area (Å²) in [4.78, 5) is 17.7. The minimum atomic E-state index is -0.187. The van der Waals surface area contributed by atoms with Crippen LogP contribution in [0, 0.1) is 0 Å². The molecular weight excluding hydrogens is 366 g/mol. The Morgan fingerprint density at radius 1 is 1.25 bits per heavy atom. The molecule has 0 saturated heterocycles. The fraction of sp³-hybridized carbons (Fsp3) is 0.300. The molecule has 1 heterocycles. The van der Waals surface area contributed by atoms with E-state index in [1.807, 2.05) is 24.3 Å². The molecule has 3 nitrogen and oxygen atoms in total. The number of Topliss-reactive ketones (excluding diaryl/α,β-unsaturated/α-hetero) is 1. The molecule has 0 atom stereocenters. The molecule has 0 saturated carbocycles. The minimum Gasteiger partial charge on any atom is -0.496 e. The largest absolute Gasteiger partial charge is 0.496 e. The highest BCUT2D eigenvalue weighted by atomic mass is 79.9. The average Bonchev–Trinajstić information content (AvgIpc) is 2.53. The van der Waals surface area contributed by atoms with Gasteiger partial charge in [-0.3, -0.25) is 9.79 Å². The number of halogens is 1. The number of hydrogen-bond acceptors (Lipinski definition) is 3. The van der Waals surface area contributed by atoms with Gasteiger partial charge < -0.3 is 4.74 Å². The average molecular weight is 386 g/mol. The van der Waals surface area contributed by atoms with Gasteiger partial charge in [0.05, 0.1) is 30.3 Å². The van der Waals surface area contributed by atoms with Gasteiger partial charge in [-0.15, -0.1) is 0 Å². The van der Waals surface area contributed by atoms with E-state index in [4.69, 9.17) is 9.73 Å². The molecule has 0 aliphatic carbocycles. The van der Waals surface area contributed by atoms with E-state index in [-0.39, 0.29) is 17.7 Å². The van der Waals surface area contributed by atoms with E-state index in [0.29, 0.717) is 11.3 Å². The maximum Gasteiger partial charge on any atom is 0.172 e. The summed E-state index contributed by atoms with van der Waals surface area (Å²) in [6.07, 6.45) is 1.17. The van der Waals surface area contributed by atoms with E-state index >= 15 is 0 Å². The Morgan fingerprint density at radius 2 is 2.00 bits per heavy atom. The van der Waals surface area contributed by atoms with Crippen LogP contribution in [0.2, 0.25) is 0 Å². The van der Waals surface area contributed by atoms with E-state index in [1.165, 1.54) is 5.56 Å². The first kappa shape index (κ1) is 16.9. The third-order valence-corrected chi connectivity index (χ3v) is 4.67. The Bertz CT molecular complexity index is 824. The van der Waals surface area contributed by atoms with Gasteiger partial charge in [0.25, 0.3) is 0 Å². The highest BCUT2D eigenvalue weighted by Crippen LogP contribution is 2.30. The maximum atomic E-state index is 12.8. The van der Waals surface area contributed by atoms with Crippen molar-refractivity contribution >= 4 is 27.4 Å². The lowest BCUT2D eigenvalue weighted by Gasteiger charge is -2.29. The number of ether oxygens (including phenoxy) is 1. The van der Waals surface area contributed by atoms with E-state index in [1.54, 1.807) is 13.2 Å². The highest BCUT2D eigenvalue weighted by molar-refractivity contribution is 9.10. The number of hydrogen-bond donors (Lipinski definition) is 0. The molecule has 4 heteroatoms. The number of ketones is 1. The van der Waals surface area contributed by atoms with Gasteiger partial charge in [-0.25, -0.2) is 0 Å². The minimum absolute atomic E-state index is 0.0191. The van der Waals surface area contributed by atoms with Crippen LogP contribution in [0.25, 0.3) is 0 Å². The highest BCUT2D eigenvalue weighted by Gasteiger charge is 2.28. The van der Waals surface area contributed by atoms with Crippen molar-refractivity contribution in [1.29, 1.82) is 0 Å². The molecule has 124 valence electrons. The summed E-state index contributed by atoms with van der Waals surface area (Å²) < 4.78 is 6.24. The van der Waals surface area contributed by atoms with Crippen molar-refractivity contribution in [3.63, 3.8) is 0 Å². The number of methoxy groups -OCH3 is 1. The fourth-order valence-corrected chi connectivity index (χ4v) is 3.50. The monoisotopic (exact) mass is 385 g/mol. The van der Waals surface area contributed by atoms with E-state index in [2.05, 4.69) is 41.9 Å². The van der Waals surface area contributed by atoms with Crippen LogP contribution in [0.15, 0.2) is 51.9 Å². The Hall–Kier alpha value is -1.94. The standard InChI is InChI=1S/C20H20BrNO2/c1-20(2)12-13-6-4-5-7-15(13)17(22-20)11-18(23)16-9-8-14(21)10-19(16)24-3/h4-10H,11-12H2,1-3H3. The fourth-order valence-electron chi connectivity index (χ4n) is 3.16. The molecule has 2 aromatic rings. The predicted molar refractivity (Wildman–Crippen MR) is 100 cm³/mol. The molecule has 0 bridgehead atoms. The summed E-state index contributed by atoms with van der Waals surface area (Å²) in [7, 11) is 1.58. The second kappa shape index (κ2) is 6.52. The predicted octanol–water partition coefficient (Wildman–Crippen LogP) is 4.85. The molecule has 0 radical (unpaired) electrons. The van der Waals surface area contributed by atoms with Crippen LogP contribution < -0.4 is 4.74 Å². The van der Waals surface area contributed by atoms with E-state index < -0.39 is 0 Å². The lowest BCUT2D eigenvalue weighted by atomic mass is 9.85. The first-order chi connectivity index (χ1) is 11.4. The molecule has 2 aromatic carbocycles. The normalized spacial score (nSPS) is 15.4. The summed E-state index contributed by atoms with van der Waals surface area (Å²) in [6.45, 7) is 4.21. The Morgan fingerprint density at radius 3 is 2.75 bits per heavy atom. The van der Waals surface area contributed by atoms with Crippen LogP contribution in [0.5, 0.6) is 5.75 Å². The van der Waals surface area contributed by atoms with E-state index in [9.17, 15) is 4.79 Å². The van der Waals surface area contributed by atoms with Gasteiger partial charge in [0.15, 0.2) is 5.78 Å². The smallest absolute Gasteiger partial charge is 0.172 e. The third kappa shape index (κ3) is 3.44. The van der Waals surface area contributed by atoms with Crippen molar-refractivity contribution in [2.45, 2.75) is 32.2 Å². The van der Waals surface area contributed by atoms with Gasteiger partial charge in [0, 0.05) is 4.47 Å². The maximum absolute atomic E-state index is 12.8. The Labute approximate surface area is 150 Å². The van der Waals surface area contributed by atoms with Gasteiger partial charge in [0.1, 0.15) is 5.75 Å². The molecule has 1 aliphatic rings. The van der Waals surface area contributed by atoms with Crippen LogP contribution in [0.1, 0.15) is 41.8 Å². The number of carbonyl (C=O) groups excluding carboxylic acids is 1. The number of fused-ring (bicyclic) bond motifs is 1. The first-order valence-electron chi connectivity index (χ1n) is 7.93. The van der Waals surface area contributed by atoms with Gasteiger partial charge in [-0.1, -0.05) is 40.2 Å². The summed E-state index contributed by atoms with van der Waals surface area (Å²) >= 11 is 3.41. The zero-order valence-electron chi connectivity index (χ0n) is 14.1. The third-order valence-electron chi connectivity index (χ3n) is 4.18. The van der Waals surface area contributed by atoms with Crippen molar-refractivity contribution in [1.82, 2.24) is 0 Å². The summed E-state index contributed by atoms with van der Waals surface area (Å²) in [5.41, 5.74) is 3.60. The van der Waals surface area contributed by atoms with Crippen LogP contribution >= 0.6 is 15.9 Å². The Kier molecular flexibility index (Phi) is 4.59. The second-order valence-corrected chi connectivity index (χ2v) is 7.57. The zero-order valence-corrected chi connectivity index (χ0v) is 15.7. The number of benzene rings is 2. The first-order valence-corrected chi connectivity index (χ1v) is 8.73. The summed E-state index contributed by atoms with van der Waals surface area (Å²) in [6, 6.07) is 13.7. The number of aliphatic imine (C=N–C) groups is 1. The van der Waals surface area contributed by atoms with Gasteiger partial charge in [-0.05, 0) is 49.6 Å². The molecule has 0 unspecified atom stereocenters. The molecule has 0 amide bonds. The second-order valence-electron chi connectivity index (χ2n) is 6.65. The quantitative estimate of drug-likeness (QED) is 0.705. The molecule has 1 aliphatic heterocycles. The van der Waals surface area contributed by atoms with Crippen LogP contribution in [0.3, 0.4) is 0 Å². The molecule has 3 rings (SSSR count). The van der Waals surface area contributed by atoms with Crippen molar-refractivity contribution < 1.29 is 9.53 Å². The summed E-state index contributed by atoms with van der Waals surface area (Å²) in [5.74, 6) is 0.601. The number of carbonyl (C=O) groups is 1. The Balaban J connectivity index is 1.95. The number of nitrogens with zero attached hydrogens (tertiary/aromatic N) is 1. The van der Waals surface area contributed by atoms with Crippen LogP contribution in [0.4, 0.5) is 0 Å². The number of rotatable bonds is 4.